The Balaban J connectivity index is 2.27. The van der Waals surface area contributed by atoms with Crippen LogP contribution in [0.5, 0.6) is 0 Å². The van der Waals surface area contributed by atoms with Gasteiger partial charge >= 0.3 is 5.97 Å². The molecule has 1 aromatic heterocycles. The van der Waals surface area contributed by atoms with Crippen molar-refractivity contribution in [3.63, 3.8) is 0 Å². The molecule has 2 rings (SSSR count). The van der Waals surface area contributed by atoms with Gasteiger partial charge in [0.1, 0.15) is 12.1 Å². The molecule has 0 saturated heterocycles. The highest BCUT2D eigenvalue weighted by molar-refractivity contribution is 9.10. The Labute approximate surface area is 179 Å². The van der Waals surface area contributed by atoms with Crippen LogP contribution in [0.3, 0.4) is 0 Å². The second kappa shape index (κ2) is 9.49. The lowest BCUT2D eigenvalue weighted by molar-refractivity contribution is -0.155. The van der Waals surface area contributed by atoms with Crippen molar-refractivity contribution in [2.45, 2.75) is 33.3 Å². The van der Waals surface area contributed by atoms with Gasteiger partial charge in [-0.3, -0.25) is 9.59 Å². The van der Waals surface area contributed by atoms with E-state index >= 15 is 0 Å². The molecular formula is C20H28BrN5O3. The first-order valence-electron chi connectivity index (χ1n) is 9.32. The van der Waals surface area contributed by atoms with E-state index in [1.807, 2.05) is 43.3 Å². The Hall–Kier alpha value is -2.26. The summed E-state index contributed by atoms with van der Waals surface area (Å²) in [5, 5.41) is 8.23. The van der Waals surface area contributed by atoms with Crippen molar-refractivity contribution in [3.05, 3.63) is 40.1 Å². The van der Waals surface area contributed by atoms with E-state index < -0.39 is 11.6 Å². The molecule has 0 aliphatic carbocycles. The molecule has 0 aliphatic rings. The summed E-state index contributed by atoms with van der Waals surface area (Å²) in [4.78, 5) is 28.9. The van der Waals surface area contributed by atoms with Gasteiger partial charge in [-0.05, 0) is 60.0 Å². The number of likely N-dealkylation sites (N-methyl/N-ethyl adjacent to an activating group) is 1. The van der Waals surface area contributed by atoms with Crippen LogP contribution in [0.25, 0.3) is 5.69 Å². The molecule has 9 heteroatoms. The summed E-state index contributed by atoms with van der Waals surface area (Å²) in [7, 11) is 3.82. The van der Waals surface area contributed by atoms with Gasteiger partial charge in [0.25, 0.3) is 5.91 Å². The van der Waals surface area contributed by atoms with Gasteiger partial charge in [-0.2, -0.15) is 0 Å². The number of aromatic nitrogens is 3. The maximum atomic E-state index is 13.2. The van der Waals surface area contributed by atoms with E-state index in [2.05, 4.69) is 26.2 Å². The lowest BCUT2D eigenvalue weighted by Crippen LogP contribution is -2.42. The molecule has 0 spiro atoms. The minimum absolute atomic E-state index is 0.146. The number of hydrogen-bond acceptors (Lipinski definition) is 6. The van der Waals surface area contributed by atoms with E-state index in [4.69, 9.17) is 4.74 Å². The molecular weight excluding hydrogens is 438 g/mol. The van der Waals surface area contributed by atoms with Gasteiger partial charge in [0.15, 0.2) is 5.69 Å². The van der Waals surface area contributed by atoms with E-state index in [-0.39, 0.29) is 18.1 Å². The predicted octanol–water partition coefficient (Wildman–Crippen LogP) is 2.68. The summed E-state index contributed by atoms with van der Waals surface area (Å²) in [6, 6.07) is 7.56. The second-order valence-electron chi connectivity index (χ2n) is 8.03. The maximum Gasteiger partial charge on any atom is 0.326 e. The SMILES string of the molecule is Cc1c(C(=O)N(CCN(C)C)CC(=O)OC(C)(C)C)nnn1-c1cccc(Br)c1. The zero-order chi connectivity index (χ0) is 21.8. The molecule has 0 atom stereocenters. The summed E-state index contributed by atoms with van der Waals surface area (Å²) in [6.45, 7) is 8.00. The first kappa shape index (κ1) is 23.0. The summed E-state index contributed by atoms with van der Waals surface area (Å²) < 4.78 is 7.89. The Kier molecular flexibility index (Phi) is 7.54. The molecule has 158 valence electrons. The lowest BCUT2D eigenvalue weighted by atomic mass is 10.2. The van der Waals surface area contributed by atoms with Gasteiger partial charge in [-0.1, -0.05) is 27.2 Å². The Morgan fingerprint density at radius 2 is 1.90 bits per heavy atom. The number of carbonyl (C=O) groups is 2. The Morgan fingerprint density at radius 3 is 2.48 bits per heavy atom. The van der Waals surface area contributed by atoms with Crippen LogP contribution in [0.15, 0.2) is 28.7 Å². The molecule has 8 nitrogen and oxygen atoms in total. The van der Waals surface area contributed by atoms with Gasteiger partial charge in [0.05, 0.1) is 11.4 Å². The second-order valence-corrected chi connectivity index (χ2v) is 8.95. The first-order valence-corrected chi connectivity index (χ1v) is 10.1. The largest absolute Gasteiger partial charge is 0.459 e. The van der Waals surface area contributed by atoms with E-state index in [1.165, 1.54) is 4.90 Å². The molecule has 29 heavy (non-hydrogen) atoms. The van der Waals surface area contributed by atoms with Crippen LogP contribution >= 0.6 is 15.9 Å². The number of halogens is 1. The molecule has 0 N–H and O–H groups in total. The average Bonchev–Trinajstić information content (AvgIpc) is 2.97. The molecule has 0 fully saturated rings. The third-order valence-electron chi connectivity index (χ3n) is 3.99. The van der Waals surface area contributed by atoms with Crippen molar-refractivity contribution in [1.29, 1.82) is 0 Å². The van der Waals surface area contributed by atoms with Gasteiger partial charge in [-0.25, -0.2) is 4.68 Å². The third kappa shape index (κ3) is 6.64. The maximum absolute atomic E-state index is 13.2. The number of ether oxygens (including phenoxy) is 1. The van der Waals surface area contributed by atoms with Crippen LogP contribution in [0.1, 0.15) is 37.0 Å². The average molecular weight is 466 g/mol. The summed E-state index contributed by atoms with van der Waals surface area (Å²) in [5.41, 5.74) is 0.988. The highest BCUT2D eigenvalue weighted by Crippen LogP contribution is 2.18. The van der Waals surface area contributed by atoms with Crippen LogP contribution < -0.4 is 0 Å². The zero-order valence-electron chi connectivity index (χ0n) is 17.8. The summed E-state index contributed by atoms with van der Waals surface area (Å²) in [5.74, 6) is -0.807. The summed E-state index contributed by atoms with van der Waals surface area (Å²) in [6.07, 6.45) is 0. The number of esters is 1. The van der Waals surface area contributed by atoms with E-state index in [0.717, 1.165) is 10.2 Å². The fourth-order valence-electron chi connectivity index (χ4n) is 2.63. The highest BCUT2D eigenvalue weighted by atomic mass is 79.9. The van der Waals surface area contributed by atoms with Gasteiger partial charge < -0.3 is 14.5 Å². The quantitative estimate of drug-likeness (QED) is 0.584. The number of carbonyl (C=O) groups excluding carboxylic acids is 2. The number of nitrogens with zero attached hydrogens (tertiary/aromatic N) is 5. The molecule has 0 saturated carbocycles. The highest BCUT2D eigenvalue weighted by Gasteiger charge is 2.27. The van der Waals surface area contributed by atoms with Crippen LogP contribution in [-0.4, -0.2) is 76.0 Å². The monoisotopic (exact) mass is 465 g/mol. The van der Waals surface area contributed by atoms with Crippen molar-refractivity contribution >= 4 is 27.8 Å². The van der Waals surface area contributed by atoms with Crippen LogP contribution in [0, 0.1) is 6.92 Å². The molecule has 0 aliphatic heterocycles. The van der Waals surface area contributed by atoms with Gasteiger partial charge in [-0.15, -0.1) is 5.10 Å². The zero-order valence-corrected chi connectivity index (χ0v) is 19.4. The van der Waals surface area contributed by atoms with Crippen LogP contribution in [-0.2, 0) is 9.53 Å². The normalized spacial score (nSPS) is 11.6. The van der Waals surface area contributed by atoms with E-state index in [1.54, 1.807) is 32.4 Å². The van der Waals surface area contributed by atoms with E-state index in [9.17, 15) is 9.59 Å². The molecule has 1 amide bonds. The minimum atomic E-state index is -0.618. The molecule has 0 unspecified atom stereocenters. The standard InChI is InChI=1S/C20H28BrN5O3/c1-14-18(22-23-26(14)16-9-7-8-15(21)12-16)19(28)25(11-10-24(5)6)13-17(27)29-20(2,3)4/h7-9,12H,10-11,13H2,1-6H3. The molecule has 2 aromatic rings. The van der Waals surface area contributed by atoms with Crippen LogP contribution in [0.4, 0.5) is 0 Å². The first-order chi connectivity index (χ1) is 13.5. The number of benzene rings is 1. The van der Waals surface area contributed by atoms with Crippen molar-refractivity contribution in [3.8, 4) is 5.69 Å². The topological polar surface area (TPSA) is 80.6 Å². The predicted molar refractivity (Wildman–Crippen MR) is 114 cm³/mol. The molecule has 0 radical (unpaired) electrons. The lowest BCUT2D eigenvalue weighted by Gasteiger charge is -2.25. The van der Waals surface area contributed by atoms with Crippen LogP contribution in [0.2, 0.25) is 0 Å². The molecule has 0 bridgehead atoms. The smallest absolute Gasteiger partial charge is 0.326 e. The van der Waals surface area contributed by atoms with Crippen molar-refractivity contribution < 1.29 is 14.3 Å². The fourth-order valence-corrected chi connectivity index (χ4v) is 3.02. The summed E-state index contributed by atoms with van der Waals surface area (Å²) >= 11 is 3.44. The Bertz CT molecular complexity index is 873. The van der Waals surface area contributed by atoms with Crippen molar-refractivity contribution in [2.75, 3.05) is 33.7 Å². The third-order valence-corrected chi connectivity index (χ3v) is 4.49. The van der Waals surface area contributed by atoms with Crippen molar-refractivity contribution in [2.24, 2.45) is 0 Å². The van der Waals surface area contributed by atoms with Gasteiger partial charge in [0.2, 0.25) is 0 Å². The van der Waals surface area contributed by atoms with Crippen molar-refractivity contribution in [1.82, 2.24) is 24.8 Å². The van der Waals surface area contributed by atoms with Gasteiger partial charge in [0, 0.05) is 17.6 Å². The fraction of sp³-hybridized carbons (Fsp3) is 0.500. The Morgan fingerprint density at radius 1 is 1.21 bits per heavy atom. The molecule has 1 heterocycles. The molecule has 1 aromatic carbocycles. The number of rotatable bonds is 7. The minimum Gasteiger partial charge on any atom is -0.459 e. The van der Waals surface area contributed by atoms with E-state index in [0.29, 0.717) is 18.8 Å². The number of amides is 1. The number of hydrogen-bond donors (Lipinski definition) is 0.